The van der Waals surface area contributed by atoms with Crippen LogP contribution in [0.4, 0.5) is 0 Å². The molecule has 116 valence electrons. The van der Waals surface area contributed by atoms with E-state index < -0.39 is 0 Å². The van der Waals surface area contributed by atoms with Crippen molar-refractivity contribution in [3.8, 4) is 0 Å². The molecule has 1 N–H and O–H groups in total. The van der Waals surface area contributed by atoms with E-state index >= 15 is 0 Å². The molecule has 4 heteroatoms. The van der Waals surface area contributed by atoms with Crippen LogP contribution in [0.25, 0.3) is 0 Å². The fraction of sp³-hybridized carbons (Fsp3) is 1.00. The van der Waals surface area contributed by atoms with Gasteiger partial charge in [-0.3, -0.25) is 4.90 Å². The van der Waals surface area contributed by atoms with Gasteiger partial charge in [0.25, 0.3) is 0 Å². The van der Waals surface area contributed by atoms with Crippen LogP contribution < -0.4 is 5.32 Å². The van der Waals surface area contributed by atoms with E-state index in [1.54, 1.807) is 14.2 Å². The van der Waals surface area contributed by atoms with Gasteiger partial charge in [0.05, 0.1) is 13.2 Å². The molecule has 0 aromatic carbocycles. The lowest BCUT2D eigenvalue weighted by molar-refractivity contribution is 0.0738. The maximum Gasteiger partial charge on any atom is 0.0615 e. The second-order valence-electron chi connectivity index (χ2n) is 5.29. The Balaban J connectivity index is 3.84. The second-order valence-corrected chi connectivity index (χ2v) is 5.29. The van der Waals surface area contributed by atoms with E-state index in [2.05, 4.69) is 31.0 Å². The number of unbranched alkanes of at least 4 members (excludes halogenated alkanes) is 1. The predicted octanol–water partition coefficient (Wildman–Crippen LogP) is 2.14. The van der Waals surface area contributed by atoms with Crippen molar-refractivity contribution in [3.63, 3.8) is 0 Å². The highest BCUT2D eigenvalue weighted by atomic mass is 16.5. The van der Waals surface area contributed by atoms with Crippen molar-refractivity contribution in [2.75, 3.05) is 47.1 Å². The van der Waals surface area contributed by atoms with Crippen molar-refractivity contribution in [2.45, 2.75) is 52.1 Å². The molecule has 0 spiro atoms. The van der Waals surface area contributed by atoms with Crippen LogP contribution in [0.1, 0.15) is 40.0 Å². The van der Waals surface area contributed by atoms with Crippen molar-refractivity contribution in [2.24, 2.45) is 0 Å². The van der Waals surface area contributed by atoms with E-state index in [1.165, 1.54) is 19.3 Å². The zero-order chi connectivity index (χ0) is 14.5. The predicted molar refractivity (Wildman–Crippen MR) is 81.8 cm³/mol. The van der Waals surface area contributed by atoms with E-state index in [-0.39, 0.29) is 0 Å². The van der Waals surface area contributed by atoms with Gasteiger partial charge in [-0.2, -0.15) is 0 Å². The number of nitrogens with one attached hydrogen (secondary N) is 1. The van der Waals surface area contributed by atoms with Crippen molar-refractivity contribution in [1.29, 1.82) is 0 Å². The summed E-state index contributed by atoms with van der Waals surface area (Å²) in [5.74, 6) is 0. The zero-order valence-electron chi connectivity index (χ0n) is 13.6. The summed E-state index contributed by atoms with van der Waals surface area (Å²) in [5.41, 5.74) is 0. The second kappa shape index (κ2) is 12.9. The Labute approximate surface area is 119 Å². The molecule has 0 saturated heterocycles. The highest BCUT2D eigenvalue weighted by Crippen LogP contribution is 2.06. The van der Waals surface area contributed by atoms with Gasteiger partial charge in [0.15, 0.2) is 0 Å². The van der Waals surface area contributed by atoms with Crippen molar-refractivity contribution < 1.29 is 9.47 Å². The first-order chi connectivity index (χ1) is 9.15. The van der Waals surface area contributed by atoms with Crippen LogP contribution >= 0.6 is 0 Å². The minimum Gasteiger partial charge on any atom is -0.383 e. The molecule has 0 fully saturated rings. The molecule has 0 aliphatic rings. The normalized spacial score (nSPS) is 14.8. The molecular formula is C15H34N2O2. The summed E-state index contributed by atoms with van der Waals surface area (Å²) in [6, 6.07) is 1.10. The third kappa shape index (κ3) is 10.3. The Kier molecular flexibility index (Phi) is 12.7. The first-order valence-corrected chi connectivity index (χ1v) is 7.61. The lowest BCUT2D eigenvalue weighted by Gasteiger charge is -2.28. The number of ether oxygens (including phenoxy) is 2. The van der Waals surface area contributed by atoms with Crippen LogP contribution in [0, 0.1) is 0 Å². The SMILES string of the molecule is CCNC(C)CCCCN(CCOC)C(C)COC. The Hall–Kier alpha value is -0.160. The maximum absolute atomic E-state index is 5.25. The number of hydrogen-bond donors (Lipinski definition) is 1. The van der Waals surface area contributed by atoms with E-state index in [0.29, 0.717) is 12.1 Å². The minimum atomic E-state index is 0.464. The molecule has 0 bridgehead atoms. The smallest absolute Gasteiger partial charge is 0.0615 e. The quantitative estimate of drug-likeness (QED) is 0.522. The van der Waals surface area contributed by atoms with Gasteiger partial charge in [-0.1, -0.05) is 13.3 Å². The van der Waals surface area contributed by atoms with Crippen LogP contribution in [0.5, 0.6) is 0 Å². The molecule has 0 amide bonds. The van der Waals surface area contributed by atoms with Gasteiger partial charge in [-0.05, 0) is 39.8 Å². The summed E-state index contributed by atoms with van der Waals surface area (Å²) < 4.78 is 10.4. The van der Waals surface area contributed by atoms with Crippen molar-refractivity contribution >= 4 is 0 Å². The molecule has 0 aromatic rings. The number of methoxy groups -OCH3 is 2. The zero-order valence-corrected chi connectivity index (χ0v) is 13.6. The molecule has 0 saturated carbocycles. The van der Waals surface area contributed by atoms with E-state index in [9.17, 15) is 0 Å². The summed E-state index contributed by atoms with van der Waals surface area (Å²) >= 11 is 0. The minimum absolute atomic E-state index is 0.464. The summed E-state index contributed by atoms with van der Waals surface area (Å²) in [7, 11) is 3.53. The molecule has 0 rings (SSSR count). The summed E-state index contributed by atoms with van der Waals surface area (Å²) in [5, 5.41) is 3.46. The van der Waals surface area contributed by atoms with Gasteiger partial charge in [0.1, 0.15) is 0 Å². The van der Waals surface area contributed by atoms with Crippen molar-refractivity contribution in [1.82, 2.24) is 10.2 Å². The van der Waals surface area contributed by atoms with E-state index in [4.69, 9.17) is 9.47 Å². The van der Waals surface area contributed by atoms with Gasteiger partial charge in [0.2, 0.25) is 0 Å². The molecule has 0 aliphatic heterocycles. The molecule has 0 heterocycles. The largest absolute Gasteiger partial charge is 0.383 e. The molecule has 4 nitrogen and oxygen atoms in total. The standard InChI is InChI=1S/C15H34N2O2/c1-6-16-14(2)9-7-8-10-17(11-12-18-4)15(3)13-19-5/h14-16H,6-13H2,1-5H3. The molecule has 0 radical (unpaired) electrons. The Morgan fingerprint density at radius 2 is 1.79 bits per heavy atom. The summed E-state index contributed by atoms with van der Waals surface area (Å²) in [6.45, 7) is 11.4. The molecule has 0 aromatic heterocycles. The first kappa shape index (κ1) is 18.8. The Bertz CT molecular complexity index is 191. The lowest BCUT2D eigenvalue weighted by atomic mass is 10.1. The molecule has 2 atom stereocenters. The maximum atomic E-state index is 5.25. The van der Waals surface area contributed by atoms with Crippen molar-refractivity contribution in [3.05, 3.63) is 0 Å². The van der Waals surface area contributed by atoms with E-state index in [1.807, 2.05) is 0 Å². The van der Waals surface area contributed by atoms with Gasteiger partial charge in [-0.25, -0.2) is 0 Å². The van der Waals surface area contributed by atoms with Crippen LogP contribution in [0.2, 0.25) is 0 Å². The third-order valence-corrected chi connectivity index (χ3v) is 3.50. The van der Waals surface area contributed by atoms with Gasteiger partial charge in [-0.15, -0.1) is 0 Å². The Morgan fingerprint density at radius 1 is 1.05 bits per heavy atom. The van der Waals surface area contributed by atoms with Crippen LogP contribution in [0.15, 0.2) is 0 Å². The molecule has 0 aliphatic carbocycles. The third-order valence-electron chi connectivity index (χ3n) is 3.50. The average Bonchev–Trinajstić information content (AvgIpc) is 2.38. The number of hydrogen-bond acceptors (Lipinski definition) is 4. The monoisotopic (exact) mass is 274 g/mol. The average molecular weight is 274 g/mol. The number of rotatable bonds is 13. The van der Waals surface area contributed by atoms with E-state index in [0.717, 1.165) is 32.8 Å². The topological polar surface area (TPSA) is 33.7 Å². The van der Waals surface area contributed by atoms with Crippen LogP contribution in [0.3, 0.4) is 0 Å². The lowest BCUT2D eigenvalue weighted by Crippen LogP contribution is -2.39. The van der Waals surface area contributed by atoms with Crippen LogP contribution in [-0.4, -0.2) is 64.1 Å². The fourth-order valence-electron chi connectivity index (χ4n) is 2.32. The first-order valence-electron chi connectivity index (χ1n) is 7.61. The van der Waals surface area contributed by atoms with Gasteiger partial charge >= 0.3 is 0 Å². The molecule has 2 unspecified atom stereocenters. The number of nitrogens with zero attached hydrogens (tertiary/aromatic N) is 1. The van der Waals surface area contributed by atoms with Crippen LogP contribution in [-0.2, 0) is 9.47 Å². The summed E-state index contributed by atoms with van der Waals surface area (Å²) in [4.78, 5) is 2.46. The Morgan fingerprint density at radius 3 is 2.37 bits per heavy atom. The molecular weight excluding hydrogens is 240 g/mol. The molecule has 19 heavy (non-hydrogen) atoms. The highest BCUT2D eigenvalue weighted by molar-refractivity contribution is 4.68. The fourth-order valence-corrected chi connectivity index (χ4v) is 2.32. The highest BCUT2D eigenvalue weighted by Gasteiger charge is 2.13. The van der Waals surface area contributed by atoms with Gasteiger partial charge < -0.3 is 14.8 Å². The van der Waals surface area contributed by atoms with Gasteiger partial charge in [0, 0.05) is 32.8 Å². The summed E-state index contributed by atoms with van der Waals surface area (Å²) in [6.07, 6.45) is 3.77.